The summed E-state index contributed by atoms with van der Waals surface area (Å²) in [5.41, 5.74) is 0.778. The Hall–Kier alpha value is -1.81. The monoisotopic (exact) mass is 591 g/mol. The molecular weight excluding hydrogens is 565 g/mol. The number of carbonyl (C=O) groups is 2. The fraction of sp³-hybridized carbons (Fsp3) is 0.391. The predicted molar refractivity (Wildman–Crippen MR) is 141 cm³/mol. The van der Waals surface area contributed by atoms with Crippen LogP contribution in [-0.4, -0.2) is 50.0 Å². The SMILES string of the molecule is CCC(C)NC(=O)C(C)N(Cc1c(Cl)cccc1Cl)C(=O)CN(c1ccccc1Br)S(C)(=O)=O. The van der Waals surface area contributed by atoms with Gasteiger partial charge in [0.2, 0.25) is 21.8 Å². The van der Waals surface area contributed by atoms with Crippen molar-refractivity contribution in [2.45, 2.75) is 45.8 Å². The van der Waals surface area contributed by atoms with Gasteiger partial charge in [-0.1, -0.05) is 48.3 Å². The Morgan fingerprint density at radius 1 is 1.06 bits per heavy atom. The van der Waals surface area contributed by atoms with Crippen molar-refractivity contribution in [3.05, 3.63) is 62.5 Å². The van der Waals surface area contributed by atoms with Gasteiger partial charge in [-0.15, -0.1) is 0 Å². The average molecular weight is 593 g/mol. The molecule has 34 heavy (non-hydrogen) atoms. The van der Waals surface area contributed by atoms with E-state index in [2.05, 4.69) is 21.2 Å². The number of sulfonamides is 1. The van der Waals surface area contributed by atoms with Crippen molar-refractivity contribution < 1.29 is 18.0 Å². The van der Waals surface area contributed by atoms with Crippen LogP contribution in [0, 0.1) is 0 Å². The summed E-state index contributed by atoms with van der Waals surface area (Å²) in [6.07, 6.45) is 1.74. The molecule has 0 saturated heterocycles. The Kier molecular flexibility index (Phi) is 10.2. The average Bonchev–Trinajstić information content (AvgIpc) is 2.76. The Labute approximate surface area is 219 Å². The summed E-state index contributed by atoms with van der Waals surface area (Å²) in [4.78, 5) is 27.8. The van der Waals surface area contributed by atoms with Gasteiger partial charge < -0.3 is 10.2 Å². The normalized spacial score (nSPS) is 13.1. The van der Waals surface area contributed by atoms with E-state index in [-0.39, 0.29) is 18.5 Å². The molecule has 0 radical (unpaired) electrons. The Morgan fingerprint density at radius 2 is 1.65 bits per heavy atom. The van der Waals surface area contributed by atoms with E-state index in [1.807, 2.05) is 13.8 Å². The molecule has 0 aliphatic rings. The van der Waals surface area contributed by atoms with Crippen molar-refractivity contribution >= 4 is 66.7 Å². The lowest BCUT2D eigenvalue weighted by atomic mass is 10.1. The Balaban J connectivity index is 2.46. The van der Waals surface area contributed by atoms with Gasteiger partial charge in [-0.25, -0.2) is 8.42 Å². The summed E-state index contributed by atoms with van der Waals surface area (Å²) >= 11 is 16.0. The van der Waals surface area contributed by atoms with Crippen molar-refractivity contribution in [2.24, 2.45) is 0 Å². The molecule has 0 bridgehead atoms. The second-order valence-electron chi connectivity index (χ2n) is 7.94. The molecule has 0 spiro atoms. The number of nitrogens with one attached hydrogen (secondary N) is 1. The highest BCUT2D eigenvalue weighted by atomic mass is 79.9. The van der Waals surface area contributed by atoms with Gasteiger partial charge in [0, 0.05) is 32.7 Å². The zero-order valence-corrected chi connectivity index (χ0v) is 23.3. The summed E-state index contributed by atoms with van der Waals surface area (Å²) in [7, 11) is -3.82. The maximum atomic E-state index is 13.6. The minimum atomic E-state index is -3.82. The first-order valence-corrected chi connectivity index (χ1v) is 14.0. The molecule has 0 saturated carbocycles. The molecule has 0 fully saturated rings. The largest absolute Gasteiger partial charge is 0.352 e. The van der Waals surface area contributed by atoms with Crippen molar-refractivity contribution in [3.8, 4) is 0 Å². The highest BCUT2D eigenvalue weighted by Crippen LogP contribution is 2.29. The zero-order valence-electron chi connectivity index (χ0n) is 19.4. The van der Waals surface area contributed by atoms with Gasteiger partial charge in [0.25, 0.3) is 0 Å². The first-order chi connectivity index (χ1) is 15.9. The second kappa shape index (κ2) is 12.2. The Bertz CT molecular complexity index is 1130. The quantitative estimate of drug-likeness (QED) is 0.427. The van der Waals surface area contributed by atoms with Crippen LogP contribution in [0.4, 0.5) is 5.69 Å². The fourth-order valence-electron chi connectivity index (χ4n) is 3.15. The van der Waals surface area contributed by atoms with E-state index in [1.54, 1.807) is 49.4 Å². The second-order valence-corrected chi connectivity index (χ2v) is 11.5. The number of benzene rings is 2. The number of halogens is 3. The molecular formula is C23H28BrCl2N3O4S. The minimum Gasteiger partial charge on any atom is -0.352 e. The lowest BCUT2D eigenvalue weighted by molar-refractivity contribution is -0.139. The number of anilines is 1. The van der Waals surface area contributed by atoms with E-state index >= 15 is 0 Å². The molecule has 0 heterocycles. The molecule has 186 valence electrons. The fourth-order valence-corrected chi connectivity index (χ4v) is 5.15. The number of nitrogens with zero attached hydrogens (tertiary/aromatic N) is 2. The van der Waals surface area contributed by atoms with Gasteiger partial charge in [0.1, 0.15) is 12.6 Å². The molecule has 2 amide bonds. The van der Waals surface area contributed by atoms with E-state index < -0.39 is 28.5 Å². The molecule has 2 unspecified atom stereocenters. The van der Waals surface area contributed by atoms with Crippen LogP contribution < -0.4 is 9.62 Å². The number of para-hydroxylation sites is 1. The van der Waals surface area contributed by atoms with Gasteiger partial charge >= 0.3 is 0 Å². The van der Waals surface area contributed by atoms with E-state index in [1.165, 1.54) is 4.90 Å². The third-order valence-corrected chi connectivity index (χ3v) is 7.86. The predicted octanol–water partition coefficient (Wildman–Crippen LogP) is 4.85. The molecule has 1 N–H and O–H groups in total. The van der Waals surface area contributed by atoms with E-state index in [9.17, 15) is 18.0 Å². The molecule has 2 aromatic carbocycles. The number of hydrogen-bond acceptors (Lipinski definition) is 4. The third-order valence-electron chi connectivity index (χ3n) is 5.36. The van der Waals surface area contributed by atoms with E-state index in [0.29, 0.717) is 32.2 Å². The van der Waals surface area contributed by atoms with Crippen LogP contribution in [0.25, 0.3) is 0 Å². The molecule has 0 aliphatic carbocycles. The maximum Gasteiger partial charge on any atom is 0.244 e. The lowest BCUT2D eigenvalue weighted by Gasteiger charge is -2.32. The van der Waals surface area contributed by atoms with Gasteiger partial charge in [-0.3, -0.25) is 13.9 Å². The summed E-state index contributed by atoms with van der Waals surface area (Å²) in [5, 5.41) is 3.54. The number of hydrogen-bond donors (Lipinski definition) is 1. The van der Waals surface area contributed by atoms with Crippen molar-refractivity contribution in [1.29, 1.82) is 0 Å². The van der Waals surface area contributed by atoms with Crippen molar-refractivity contribution in [2.75, 3.05) is 17.1 Å². The number of carbonyl (C=O) groups excluding carboxylic acids is 2. The summed E-state index contributed by atoms with van der Waals surface area (Å²) in [6, 6.07) is 10.6. The summed E-state index contributed by atoms with van der Waals surface area (Å²) < 4.78 is 26.7. The molecule has 2 aromatic rings. The topological polar surface area (TPSA) is 86.8 Å². The van der Waals surface area contributed by atoms with Crippen LogP contribution in [0.2, 0.25) is 10.0 Å². The number of rotatable bonds is 10. The molecule has 2 rings (SSSR count). The van der Waals surface area contributed by atoms with Gasteiger partial charge in [0.15, 0.2) is 0 Å². The standard InChI is InChI=1S/C23H28BrCl2N3O4S/c1-5-15(2)27-23(31)16(3)28(13-17-19(25)10-8-11-20(17)26)22(30)14-29(34(4,32)33)21-12-7-6-9-18(21)24/h6-12,15-16H,5,13-14H2,1-4H3,(H,27,31). The van der Waals surface area contributed by atoms with Crippen LogP contribution in [0.15, 0.2) is 46.9 Å². The summed E-state index contributed by atoms with van der Waals surface area (Å²) in [5.74, 6) is -0.943. The van der Waals surface area contributed by atoms with E-state index in [0.717, 1.165) is 10.6 Å². The van der Waals surface area contributed by atoms with Gasteiger partial charge in [-0.05, 0) is 60.5 Å². The molecule has 7 nitrogen and oxygen atoms in total. The maximum absolute atomic E-state index is 13.6. The van der Waals surface area contributed by atoms with Crippen LogP contribution in [0.3, 0.4) is 0 Å². The number of amides is 2. The van der Waals surface area contributed by atoms with Gasteiger partial charge in [0.05, 0.1) is 11.9 Å². The third kappa shape index (κ3) is 7.34. The van der Waals surface area contributed by atoms with E-state index in [4.69, 9.17) is 23.2 Å². The van der Waals surface area contributed by atoms with Crippen molar-refractivity contribution in [3.63, 3.8) is 0 Å². The van der Waals surface area contributed by atoms with Crippen molar-refractivity contribution in [1.82, 2.24) is 10.2 Å². The molecule has 0 aromatic heterocycles. The Morgan fingerprint density at radius 3 is 2.18 bits per heavy atom. The van der Waals surface area contributed by atoms with Gasteiger partial charge in [-0.2, -0.15) is 0 Å². The minimum absolute atomic E-state index is 0.0695. The van der Waals surface area contributed by atoms with Crippen LogP contribution >= 0.6 is 39.1 Å². The van der Waals surface area contributed by atoms with Crippen LogP contribution in [0.1, 0.15) is 32.8 Å². The van der Waals surface area contributed by atoms with Crippen LogP contribution in [0.5, 0.6) is 0 Å². The zero-order chi connectivity index (χ0) is 25.6. The highest BCUT2D eigenvalue weighted by molar-refractivity contribution is 9.10. The summed E-state index contributed by atoms with van der Waals surface area (Å²) in [6.45, 7) is 4.80. The first kappa shape index (κ1) is 28.4. The first-order valence-electron chi connectivity index (χ1n) is 10.6. The lowest BCUT2D eigenvalue weighted by Crippen LogP contribution is -2.52. The smallest absolute Gasteiger partial charge is 0.244 e. The molecule has 2 atom stereocenters. The highest BCUT2D eigenvalue weighted by Gasteiger charge is 2.31. The molecule has 0 aliphatic heterocycles. The van der Waals surface area contributed by atoms with Crippen LogP contribution in [-0.2, 0) is 26.2 Å². The molecule has 11 heteroatoms.